The zero-order chi connectivity index (χ0) is 38.2. The molecule has 4 atom stereocenters. The molecule has 0 aromatic heterocycles. The van der Waals surface area contributed by atoms with Gasteiger partial charge in [0.2, 0.25) is 5.91 Å². The first-order chi connectivity index (χ1) is 25.5. The fourth-order valence-electron chi connectivity index (χ4n) is 6.78. The zero-order valence-electron chi connectivity index (χ0n) is 34.3. The minimum Gasteiger partial charge on any atom is -0.394 e. The third-order valence-corrected chi connectivity index (χ3v) is 10.3. The summed E-state index contributed by atoms with van der Waals surface area (Å²) in [6, 6.07) is -1.01. The van der Waals surface area contributed by atoms with Crippen molar-refractivity contribution < 1.29 is 25.2 Å². The van der Waals surface area contributed by atoms with Gasteiger partial charge in [-0.25, -0.2) is 0 Å². The molecule has 6 heteroatoms. The molecule has 0 aromatic rings. The molecule has 0 saturated heterocycles. The van der Waals surface area contributed by atoms with Crippen LogP contribution in [0, 0.1) is 0 Å². The van der Waals surface area contributed by atoms with E-state index in [1.54, 1.807) is 0 Å². The molecule has 5 N–H and O–H groups in total. The van der Waals surface area contributed by atoms with E-state index >= 15 is 0 Å². The van der Waals surface area contributed by atoms with Gasteiger partial charge in [-0.1, -0.05) is 185 Å². The number of amides is 1. The Hall–Kier alpha value is -1.47. The van der Waals surface area contributed by atoms with Crippen LogP contribution in [0.5, 0.6) is 0 Å². The first-order valence-corrected chi connectivity index (χ1v) is 22.4. The molecule has 0 aliphatic rings. The van der Waals surface area contributed by atoms with Crippen molar-refractivity contribution in [1.82, 2.24) is 5.32 Å². The van der Waals surface area contributed by atoms with Crippen LogP contribution in [0.15, 0.2) is 36.5 Å². The minimum atomic E-state index is -1.29. The molecule has 0 aromatic carbocycles. The quantitative estimate of drug-likeness (QED) is 0.0318. The van der Waals surface area contributed by atoms with E-state index in [2.05, 4.69) is 55.6 Å². The first kappa shape index (κ1) is 50.5. The normalized spacial score (nSPS) is 14.5. The van der Waals surface area contributed by atoms with Gasteiger partial charge in [-0.15, -0.1) is 0 Å². The predicted octanol–water partition coefficient (Wildman–Crippen LogP) is 11.7. The van der Waals surface area contributed by atoms with Crippen molar-refractivity contribution in [2.75, 3.05) is 6.61 Å². The topological polar surface area (TPSA) is 110 Å². The second kappa shape index (κ2) is 40.7. The summed E-state index contributed by atoms with van der Waals surface area (Å²) in [5.41, 5.74) is 0. The SMILES string of the molecule is CC/C=C/CC/C=C/CCCC(O)C(O)C(CO)NC(=O)C(O)CCCCCCCCCCCCC/C=C\CCCCCCCCCCCCCC. The highest BCUT2D eigenvalue weighted by Crippen LogP contribution is 2.16. The van der Waals surface area contributed by atoms with Crippen LogP contribution in [-0.2, 0) is 4.79 Å². The number of nitrogens with one attached hydrogen (secondary N) is 1. The predicted molar refractivity (Wildman–Crippen MR) is 224 cm³/mol. The molecule has 6 nitrogen and oxygen atoms in total. The molecule has 0 heterocycles. The fourth-order valence-corrected chi connectivity index (χ4v) is 6.78. The van der Waals surface area contributed by atoms with Crippen molar-refractivity contribution in [2.45, 2.75) is 244 Å². The Labute approximate surface area is 322 Å². The van der Waals surface area contributed by atoms with E-state index in [1.165, 1.54) is 141 Å². The van der Waals surface area contributed by atoms with Gasteiger partial charge in [-0.2, -0.15) is 0 Å². The maximum absolute atomic E-state index is 12.5. The van der Waals surface area contributed by atoms with Gasteiger partial charge in [0.25, 0.3) is 0 Å². The van der Waals surface area contributed by atoms with Gasteiger partial charge in [-0.3, -0.25) is 4.79 Å². The minimum absolute atomic E-state index is 0.359. The van der Waals surface area contributed by atoms with E-state index in [-0.39, 0.29) is 0 Å². The van der Waals surface area contributed by atoms with Crippen molar-refractivity contribution in [3.8, 4) is 0 Å². The highest BCUT2D eigenvalue weighted by atomic mass is 16.3. The Morgan fingerprint density at radius 1 is 0.481 bits per heavy atom. The van der Waals surface area contributed by atoms with Crippen molar-refractivity contribution in [3.63, 3.8) is 0 Å². The average molecular weight is 734 g/mol. The molecule has 0 radical (unpaired) electrons. The van der Waals surface area contributed by atoms with Crippen LogP contribution in [0.4, 0.5) is 0 Å². The third kappa shape index (κ3) is 34.3. The number of carbonyl (C=O) groups excluding carboxylic acids is 1. The van der Waals surface area contributed by atoms with Gasteiger partial charge in [0.05, 0.1) is 18.8 Å². The summed E-state index contributed by atoms with van der Waals surface area (Å²) < 4.78 is 0. The van der Waals surface area contributed by atoms with Gasteiger partial charge < -0.3 is 25.7 Å². The number of aliphatic hydroxyl groups is 4. The van der Waals surface area contributed by atoms with Crippen LogP contribution < -0.4 is 5.32 Å². The van der Waals surface area contributed by atoms with Crippen LogP contribution in [0.1, 0.15) is 219 Å². The number of hydrogen-bond donors (Lipinski definition) is 5. The average Bonchev–Trinajstić information content (AvgIpc) is 3.15. The van der Waals surface area contributed by atoms with Gasteiger partial charge in [-0.05, 0) is 70.6 Å². The molecule has 52 heavy (non-hydrogen) atoms. The molecule has 0 fully saturated rings. The molecule has 0 saturated carbocycles. The lowest BCUT2D eigenvalue weighted by Crippen LogP contribution is -2.53. The fraction of sp³-hybridized carbons (Fsp3) is 0.848. The van der Waals surface area contributed by atoms with E-state index in [0.29, 0.717) is 19.3 Å². The molecule has 4 unspecified atom stereocenters. The standard InChI is InChI=1S/C46H87NO5/c1-3-5-7-9-11-13-14-15-16-17-18-19-20-21-22-23-24-25-26-27-28-29-30-32-34-36-38-40-44(50)46(52)47-42(41-48)45(51)43(49)39-37-35-33-31-12-10-8-6-4-2/h6,8,21-22,31,33,42-45,48-51H,3-5,7,9-20,23-30,32,34-41H2,1-2H3,(H,47,52)/b8-6+,22-21-,33-31+. The van der Waals surface area contributed by atoms with Crippen LogP contribution in [0.25, 0.3) is 0 Å². The molecule has 0 aliphatic carbocycles. The number of unbranched alkanes of at least 4 members (excludes halogenated alkanes) is 25. The van der Waals surface area contributed by atoms with E-state index in [0.717, 1.165) is 44.9 Å². The lowest BCUT2D eigenvalue weighted by atomic mass is 10.00. The number of aliphatic hydroxyl groups excluding tert-OH is 4. The van der Waals surface area contributed by atoms with Crippen molar-refractivity contribution in [2.24, 2.45) is 0 Å². The smallest absolute Gasteiger partial charge is 0.249 e. The maximum atomic E-state index is 12.5. The highest BCUT2D eigenvalue weighted by Gasteiger charge is 2.28. The lowest BCUT2D eigenvalue weighted by molar-refractivity contribution is -0.132. The maximum Gasteiger partial charge on any atom is 0.249 e. The second-order valence-electron chi connectivity index (χ2n) is 15.3. The third-order valence-electron chi connectivity index (χ3n) is 10.3. The van der Waals surface area contributed by atoms with Gasteiger partial charge in [0.15, 0.2) is 0 Å². The molecule has 0 bridgehead atoms. The zero-order valence-corrected chi connectivity index (χ0v) is 34.3. The molecule has 0 aliphatic heterocycles. The van der Waals surface area contributed by atoms with E-state index < -0.39 is 36.9 Å². The number of allylic oxidation sites excluding steroid dienone is 6. The van der Waals surface area contributed by atoms with Gasteiger partial charge in [0.1, 0.15) is 12.2 Å². The Morgan fingerprint density at radius 3 is 1.31 bits per heavy atom. The Morgan fingerprint density at radius 2 is 0.865 bits per heavy atom. The van der Waals surface area contributed by atoms with E-state index in [1.807, 2.05) is 0 Å². The van der Waals surface area contributed by atoms with Crippen LogP contribution >= 0.6 is 0 Å². The van der Waals surface area contributed by atoms with Crippen molar-refractivity contribution >= 4 is 5.91 Å². The highest BCUT2D eigenvalue weighted by molar-refractivity contribution is 5.80. The summed E-state index contributed by atoms with van der Waals surface area (Å²) in [6.07, 6.45) is 47.8. The Bertz CT molecular complexity index is 828. The van der Waals surface area contributed by atoms with Crippen molar-refractivity contribution in [1.29, 1.82) is 0 Å². The summed E-state index contributed by atoms with van der Waals surface area (Å²) in [7, 11) is 0. The summed E-state index contributed by atoms with van der Waals surface area (Å²) in [5.74, 6) is -0.601. The Kier molecular flexibility index (Phi) is 39.6. The molecular weight excluding hydrogens is 647 g/mol. The summed E-state index contributed by atoms with van der Waals surface area (Å²) in [4.78, 5) is 12.5. The number of carbonyl (C=O) groups is 1. The number of rotatable bonds is 40. The molecule has 0 spiro atoms. The van der Waals surface area contributed by atoms with Crippen LogP contribution in [-0.4, -0.2) is 57.3 Å². The summed E-state index contributed by atoms with van der Waals surface area (Å²) in [6.45, 7) is 3.90. The second-order valence-corrected chi connectivity index (χ2v) is 15.3. The van der Waals surface area contributed by atoms with Crippen LogP contribution in [0.2, 0.25) is 0 Å². The lowest BCUT2D eigenvalue weighted by Gasteiger charge is -2.27. The first-order valence-electron chi connectivity index (χ1n) is 22.4. The summed E-state index contributed by atoms with van der Waals surface area (Å²) >= 11 is 0. The molecule has 1 amide bonds. The van der Waals surface area contributed by atoms with Gasteiger partial charge >= 0.3 is 0 Å². The molecule has 306 valence electrons. The molecular formula is C46H87NO5. The van der Waals surface area contributed by atoms with Crippen LogP contribution in [0.3, 0.4) is 0 Å². The van der Waals surface area contributed by atoms with Gasteiger partial charge in [0, 0.05) is 0 Å². The van der Waals surface area contributed by atoms with E-state index in [9.17, 15) is 25.2 Å². The largest absolute Gasteiger partial charge is 0.394 e. The molecule has 0 rings (SSSR count). The summed E-state index contributed by atoms with van der Waals surface area (Å²) in [5, 5.41) is 43.4. The van der Waals surface area contributed by atoms with E-state index in [4.69, 9.17) is 0 Å². The number of hydrogen-bond acceptors (Lipinski definition) is 5. The monoisotopic (exact) mass is 734 g/mol. The Balaban J connectivity index is 3.63. The van der Waals surface area contributed by atoms with Crippen molar-refractivity contribution in [3.05, 3.63) is 36.5 Å².